The van der Waals surface area contributed by atoms with E-state index in [1.54, 1.807) is 0 Å². The van der Waals surface area contributed by atoms with Crippen molar-refractivity contribution in [2.75, 3.05) is 20.2 Å². The number of nitrogens with zero attached hydrogens (tertiary/aromatic N) is 1. The summed E-state index contributed by atoms with van der Waals surface area (Å²) in [5.41, 5.74) is 0.922. The van der Waals surface area contributed by atoms with E-state index in [-0.39, 0.29) is 25.5 Å². The van der Waals surface area contributed by atoms with Crippen LogP contribution in [0.15, 0.2) is 30.3 Å². The maximum Gasteiger partial charge on any atom is 0.307 e. The molecule has 5 nitrogen and oxygen atoms in total. The molecule has 1 rings (SSSR count). The average Bonchev–Trinajstić information content (AvgIpc) is 2.42. The zero-order valence-corrected chi connectivity index (χ0v) is 10.3. The number of amides is 1. The van der Waals surface area contributed by atoms with Gasteiger partial charge in [0.2, 0.25) is 5.91 Å². The molecule has 0 heterocycles. The molecular weight excluding hydrogens is 234 g/mol. The lowest BCUT2D eigenvalue weighted by molar-refractivity contribution is -0.145. The van der Waals surface area contributed by atoms with Crippen LogP contribution in [0.4, 0.5) is 0 Å². The summed E-state index contributed by atoms with van der Waals surface area (Å²) < 4.78 is 5.05. The first-order valence-corrected chi connectivity index (χ1v) is 5.68. The number of likely N-dealkylation sites (N-methyl/N-ethyl adjacent to an activating group) is 1. The molecule has 0 fully saturated rings. The van der Waals surface area contributed by atoms with Gasteiger partial charge in [0.1, 0.15) is 13.2 Å². The van der Waals surface area contributed by atoms with Gasteiger partial charge in [0.25, 0.3) is 0 Å². The van der Waals surface area contributed by atoms with Crippen molar-refractivity contribution in [1.82, 2.24) is 4.90 Å². The molecule has 0 aliphatic rings. The topological polar surface area (TPSA) is 66.8 Å². The van der Waals surface area contributed by atoms with Gasteiger partial charge in [-0.15, -0.1) is 0 Å². The number of hydrogen-bond donors (Lipinski definition) is 1. The minimum atomic E-state index is -0.546. The Hall–Kier alpha value is -1.88. The number of benzene rings is 1. The van der Waals surface area contributed by atoms with Crippen LogP contribution in [0.2, 0.25) is 0 Å². The van der Waals surface area contributed by atoms with Crippen LogP contribution in [0.5, 0.6) is 0 Å². The quantitative estimate of drug-likeness (QED) is 0.751. The average molecular weight is 251 g/mol. The van der Waals surface area contributed by atoms with Crippen LogP contribution in [-0.4, -0.2) is 42.1 Å². The summed E-state index contributed by atoms with van der Waals surface area (Å²) in [6, 6.07) is 9.37. The Morgan fingerprint density at radius 3 is 2.56 bits per heavy atom. The normalized spacial score (nSPS) is 9.89. The molecule has 0 atom stereocenters. The third-order valence-corrected chi connectivity index (χ3v) is 2.45. The molecule has 1 N–H and O–H groups in total. The predicted molar refractivity (Wildman–Crippen MR) is 65.6 cm³/mol. The number of ether oxygens (including phenoxy) is 1. The van der Waals surface area contributed by atoms with E-state index in [4.69, 9.17) is 9.84 Å². The second-order valence-corrected chi connectivity index (χ2v) is 3.87. The Kier molecular flexibility index (Phi) is 5.87. The molecule has 0 saturated heterocycles. The minimum absolute atomic E-state index is 0.120. The lowest BCUT2D eigenvalue weighted by Crippen LogP contribution is -2.31. The Morgan fingerprint density at radius 2 is 1.94 bits per heavy atom. The third kappa shape index (κ3) is 4.97. The van der Waals surface area contributed by atoms with E-state index < -0.39 is 12.5 Å². The molecule has 0 unspecified atom stereocenters. The molecule has 0 spiro atoms. The maximum atomic E-state index is 11.4. The fourth-order valence-corrected chi connectivity index (χ4v) is 1.31. The van der Waals surface area contributed by atoms with E-state index in [1.807, 2.05) is 30.3 Å². The van der Waals surface area contributed by atoms with Gasteiger partial charge < -0.3 is 14.7 Å². The number of rotatable bonds is 6. The summed E-state index contributed by atoms with van der Waals surface area (Å²) >= 11 is 0. The molecule has 1 aromatic rings. The van der Waals surface area contributed by atoms with Crippen LogP contribution in [0.1, 0.15) is 12.0 Å². The van der Waals surface area contributed by atoms with Crippen LogP contribution < -0.4 is 0 Å². The predicted octanol–water partition coefficient (Wildman–Crippen LogP) is 0.571. The summed E-state index contributed by atoms with van der Waals surface area (Å²) in [5.74, 6) is -0.776. The van der Waals surface area contributed by atoms with E-state index in [1.165, 1.54) is 11.9 Å². The van der Waals surface area contributed by atoms with Crippen molar-refractivity contribution in [2.24, 2.45) is 0 Å². The number of esters is 1. The van der Waals surface area contributed by atoms with Gasteiger partial charge in [0.15, 0.2) is 0 Å². The number of hydrogen-bond acceptors (Lipinski definition) is 4. The van der Waals surface area contributed by atoms with Gasteiger partial charge in [-0.1, -0.05) is 30.3 Å². The second kappa shape index (κ2) is 7.45. The van der Waals surface area contributed by atoms with Crippen LogP contribution in [-0.2, 0) is 20.9 Å². The highest BCUT2D eigenvalue weighted by Crippen LogP contribution is 2.02. The molecule has 1 amide bonds. The van der Waals surface area contributed by atoms with Crippen LogP contribution in [0.3, 0.4) is 0 Å². The van der Waals surface area contributed by atoms with E-state index in [2.05, 4.69) is 0 Å². The number of aliphatic hydroxyl groups is 1. The monoisotopic (exact) mass is 251 g/mol. The van der Waals surface area contributed by atoms with E-state index in [9.17, 15) is 9.59 Å². The van der Waals surface area contributed by atoms with Crippen LogP contribution in [0, 0.1) is 0 Å². The SMILES string of the molecule is CN(CCC(=O)OCc1ccccc1)C(=O)CO. The Balaban J connectivity index is 2.24. The Morgan fingerprint density at radius 1 is 1.28 bits per heavy atom. The van der Waals surface area contributed by atoms with Gasteiger partial charge in [-0.3, -0.25) is 9.59 Å². The van der Waals surface area contributed by atoms with Gasteiger partial charge >= 0.3 is 5.97 Å². The van der Waals surface area contributed by atoms with E-state index in [0.29, 0.717) is 0 Å². The summed E-state index contributed by atoms with van der Waals surface area (Å²) in [6.45, 7) is -0.0695. The standard InChI is InChI=1S/C13H17NO4/c1-14(12(16)9-15)8-7-13(17)18-10-11-5-3-2-4-6-11/h2-6,15H,7-10H2,1H3. The van der Waals surface area contributed by atoms with Gasteiger partial charge in [-0.25, -0.2) is 0 Å². The molecule has 0 bridgehead atoms. The number of carbonyl (C=O) groups excluding carboxylic acids is 2. The van der Waals surface area contributed by atoms with Crippen molar-refractivity contribution < 1.29 is 19.4 Å². The summed E-state index contributed by atoms with van der Waals surface area (Å²) in [7, 11) is 1.53. The molecule has 1 aromatic carbocycles. The second-order valence-electron chi connectivity index (χ2n) is 3.87. The lowest BCUT2D eigenvalue weighted by atomic mass is 10.2. The summed E-state index contributed by atoms with van der Waals surface area (Å²) in [6.07, 6.45) is 0.120. The highest BCUT2D eigenvalue weighted by atomic mass is 16.5. The lowest BCUT2D eigenvalue weighted by Gasteiger charge is -2.14. The van der Waals surface area contributed by atoms with Crippen molar-refractivity contribution in [3.63, 3.8) is 0 Å². The van der Waals surface area contributed by atoms with E-state index >= 15 is 0 Å². The molecule has 98 valence electrons. The highest BCUT2D eigenvalue weighted by Gasteiger charge is 2.10. The molecule has 0 aliphatic heterocycles. The molecule has 0 aliphatic carbocycles. The highest BCUT2D eigenvalue weighted by molar-refractivity contribution is 5.77. The fourth-order valence-electron chi connectivity index (χ4n) is 1.31. The number of aliphatic hydroxyl groups excluding tert-OH is 1. The van der Waals surface area contributed by atoms with Crippen molar-refractivity contribution in [2.45, 2.75) is 13.0 Å². The maximum absolute atomic E-state index is 11.4. The minimum Gasteiger partial charge on any atom is -0.461 e. The molecule has 0 radical (unpaired) electrons. The first-order chi connectivity index (χ1) is 8.63. The first-order valence-electron chi connectivity index (χ1n) is 5.68. The molecule has 18 heavy (non-hydrogen) atoms. The van der Waals surface area contributed by atoms with Gasteiger partial charge in [-0.05, 0) is 5.56 Å². The summed E-state index contributed by atoms with van der Waals surface area (Å²) in [4.78, 5) is 23.7. The number of carbonyl (C=O) groups is 2. The van der Waals surface area contributed by atoms with Crippen molar-refractivity contribution in [1.29, 1.82) is 0 Å². The molecule has 0 saturated carbocycles. The van der Waals surface area contributed by atoms with E-state index in [0.717, 1.165) is 5.56 Å². The Labute approximate surface area is 106 Å². The van der Waals surface area contributed by atoms with Crippen molar-refractivity contribution >= 4 is 11.9 Å². The zero-order valence-electron chi connectivity index (χ0n) is 10.3. The van der Waals surface area contributed by atoms with Gasteiger partial charge in [0.05, 0.1) is 6.42 Å². The first kappa shape index (κ1) is 14.2. The molecular formula is C13H17NO4. The summed E-state index contributed by atoms with van der Waals surface area (Å²) in [5, 5.41) is 8.62. The van der Waals surface area contributed by atoms with Crippen LogP contribution in [0.25, 0.3) is 0 Å². The van der Waals surface area contributed by atoms with Crippen molar-refractivity contribution in [3.8, 4) is 0 Å². The smallest absolute Gasteiger partial charge is 0.307 e. The molecule has 0 aromatic heterocycles. The zero-order chi connectivity index (χ0) is 13.4. The fraction of sp³-hybridized carbons (Fsp3) is 0.385. The van der Waals surface area contributed by atoms with Crippen LogP contribution >= 0.6 is 0 Å². The Bertz CT molecular complexity index is 391. The largest absolute Gasteiger partial charge is 0.461 e. The molecule has 5 heteroatoms. The van der Waals surface area contributed by atoms with Gasteiger partial charge in [-0.2, -0.15) is 0 Å². The van der Waals surface area contributed by atoms with Gasteiger partial charge in [0, 0.05) is 13.6 Å². The van der Waals surface area contributed by atoms with Crippen molar-refractivity contribution in [3.05, 3.63) is 35.9 Å². The third-order valence-electron chi connectivity index (χ3n) is 2.45.